The van der Waals surface area contributed by atoms with E-state index in [0.717, 1.165) is 0 Å². The van der Waals surface area contributed by atoms with Gasteiger partial charge in [-0.3, -0.25) is 4.79 Å². The van der Waals surface area contributed by atoms with E-state index in [1.54, 1.807) is 19.1 Å². The topological polar surface area (TPSA) is 37.3 Å². The summed E-state index contributed by atoms with van der Waals surface area (Å²) in [4.78, 5) is 11.5. The SMILES string of the molecule is CC(=O)C(C)C1(O)CCCc2c(F)cccc21. The molecule has 1 N–H and O–H groups in total. The second-order valence-electron chi connectivity index (χ2n) is 4.88. The van der Waals surface area contributed by atoms with Crippen molar-refractivity contribution in [2.45, 2.75) is 38.7 Å². The normalized spacial score (nSPS) is 25.2. The molecule has 2 unspecified atom stereocenters. The Morgan fingerprint density at radius 1 is 1.53 bits per heavy atom. The van der Waals surface area contributed by atoms with E-state index in [-0.39, 0.29) is 11.6 Å². The van der Waals surface area contributed by atoms with Gasteiger partial charge in [0, 0.05) is 5.92 Å². The lowest BCUT2D eigenvalue weighted by atomic mass is 9.71. The van der Waals surface area contributed by atoms with Crippen LogP contribution in [0.2, 0.25) is 0 Å². The van der Waals surface area contributed by atoms with Crippen molar-refractivity contribution in [2.24, 2.45) is 5.92 Å². The fourth-order valence-electron chi connectivity index (χ4n) is 2.67. The molecule has 0 spiro atoms. The van der Waals surface area contributed by atoms with Crippen LogP contribution in [0.1, 0.15) is 37.8 Å². The molecule has 0 fully saturated rings. The Hall–Kier alpha value is -1.22. The smallest absolute Gasteiger partial charge is 0.135 e. The quantitative estimate of drug-likeness (QED) is 0.857. The third-order valence-corrected chi connectivity index (χ3v) is 3.90. The zero-order valence-electron chi connectivity index (χ0n) is 10.2. The van der Waals surface area contributed by atoms with Gasteiger partial charge in [-0.25, -0.2) is 4.39 Å². The van der Waals surface area contributed by atoms with Crippen LogP contribution in [0.3, 0.4) is 0 Å². The van der Waals surface area contributed by atoms with Gasteiger partial charge in [0.15, 0.2) is 0 Å². The van der Waals surface area contributed by atoms with Crippen LogP contribution in [0.5, 0.6) is 0 Å². The highest BCUT2D eigenvalue weighted by molar-refractivity contribution is 5.79. The molecular formula is C14H17FO2. The number of aliphatic hydroxyl groups is 1. The molecule has 1 aromatic carbocycles. The molecule has 0 heterocycles. The van der Waals surface area contributed by atoms with Crippen LogP contribution in [0.15, 0.2) is 18.2 Å². The second-order valence-corrected chi connectivity index (χ2v) is 4.88. The van der Waals surface area contributed by atoms with Crippen LogP contribution < -0.4 is 0 Å². The average Bonchev–Trinajstić information content (AvgIpc) is 2.29. The first-order valence-electron chi connectivity index (χ1n) is 5.97. The van der Waals surface area contributed by atoms with Crippen LogP contribution in [0.25, 0.3) is 0 Å². The van der Waals surface area contributed by atoms with E-state index >= 15 is 0 Å². The van der Waals surface area contributed by atoms with Gasteiger partial charge in [0.25, 0.3) is 0 Å². The Labute approximate surface area is 100 Å². The molecule has 3 heteroatoms. The molecule has 2 atom stereocenters. The first kappa shape index (κ1) is 12.2. The van der Waals surface area contributed by atoms with Gasteiger partial charge in [-0.05, 0) is 43.4 Å². The summed E-state index contributed by atoms with van der Waals surface area (Å²) < 4.78 is 13.7. The Morgan fingerprint density at radius 2 is 2.24 bits per heavy atom. The summed E-state index contributed by atoms with van der Waals surface area (Å²) in [6.45, 7) is 3.18. The van der Waals surface area contributed by atoms with E-state index in [2.05, 4.69) is 0 Å². The molecule has 0 radical (unpaired) electrons. The number of rotatable bonds is 2. The summed E-state index contributed by atoms with van der Waals surface area (Å²) in [7, 11) is 0. The minimum absolute atomic E-state index is 0.0652. The Morgan fingerprint density at radius 3 is 2.88 bits per heavy atom. The lowest BCUT2D eigenvalue weighted by Crippen LogP contribution is -2.40. The molecule has 0 aromatic heterocycles. The maximum absolute atomic E-state index is 13.7. The van der Waals surface area contributed by atoms with E-state index in [1.165, 1.54) is 13.0 Å². The molecule has 2 rings (SSSR count). The molecule has 0 saturated heterocycles. The number of carbonyl (C=O) groups excluding carboxylic acids is 1. The van der Waals surface area contributed by atoms with Gasteiger partial charge in [-0.1, -0.05) is 19.1 Å². The van der Waals surface area contributed by atoms with Crippen LogP contribution in [-0.4, -0.2) is 10.9 Å². The molecule has 92 valence electrons. The highest BCUT2D eigenvalue weighted by Gasteiger charge is 2.42. The summed E-state index contributed by atoms with van der Waals surface area (Å²) in [5, 5.41) is 10.7. The van der Waals surface area contributed by atoms with Gasteiger partial charge >= 0.3 is 0 Å². The molecule has 2 nitrogen and oxygen atoms in total. The molecule has 1 aliphatic carbocycles. The molecular weight excluding hydrogens is 219 g/mol. The minimum Gasteiger partial charge on any atom is -0.384 e. The predicted octanol–water partition coefficient (Wildman–Crippen LogP) is 2.57. The van der Waals surface area contributed by atoms with Gasteiger partial charge in [0.2, 0.25) is 0 Å². The van der Waals surface area contributed by atoms with E-state index in [1.807, 2.05) is 0 Å². The van der Waals surface area contributed by atoms with Crippen molar-refractivity contribution in [1.82, 2.24) is 0 Å². The Kier molecular flexibility index (Phi) is 3.04. The maximum Gasteiger partial charge on any atom is 0.135 e. The number of Topliss-reactive ketones (excluding diaryl/α,β-unsaturated/α-hetero) is 1. The van der Waals surface area contributed by atoms with Crippen molar-refractivity contribution < 1.29 is 14.3 Å². The number of carbonyl (C=O) groups is 1. The molecule has 0 amide bonds. The third kappa shape index (κ3) is 1.89. The van der Waals surface area contributed by atoms with Crippen LogP contribution >= 0.6 is 0 Å². The zero-order valence-corrected chi connectivity index (χ0v) is 10.2. The van der Waals surface area contributed by atoms with E-state index in [9.17, 15) is 14.3 Å². The fourth-order valence-corrected chi connectivity index (χ4v) is 2.67. The minimum atomic E-state index is -1.21. The van der Waals surface area contributed by atoms with E-state index in [4.69, 9.17) is 0 Å². The van der Waals surface area contributed by atoms with Crippen LogP contribution in [-0.2, 0) is 16.8 Å². The Balaban J connectivity index is 2.54. The van der Waals surface area contributed by atoms with E-state index < -0.39 is 11.5 Å². The van der Waals surface area contributed by atoms with Gasteiger partial charge in [0.05, 0.1) is 5.60 Å². The predicted molar refractivity (Wildman–Crippen MR) is 63.1 cm³/mol. The van der Waals surface area contributed by atoms with Crippen molar-refractivity contribution in [3.63, 3.8) is 0 Å². The van der Waals surface area contributed by atoms with Crippen LogP contribution in [0.4, 0.5) is 4.39 Å². The molecule has 0 bridgehead atoms. The number of hydrogen-bond acceptors (Lipinski definition) is 2. The molecule has 0 saturated carbocycles. The molecule has 0 aliphatic heterocycles. The first-order chi connectivity index (χ1) is 7.97. The summed E-state index contributed by atoms with van der Waals surface area (Å²) >= 11 is 0. The van der Waals surface area contributed by atoms with Crippen LogP contribution in [0, 0.1) is 11.7 Å². The number of halogens is 1. The van der Waals surface area contributed by atoms with Crippen molar-refractivity contribution in [3.05, 3.63) is 35.1 Å². The summed E-state index contributed by atoms with van der Waals surface area (Å²) in [6, 6.07) is 4.73. The second kappa shape index (κ2) is 4.22. The lowest BCUT2D eigenvalue weighted by Gasteiger charge is -2.38. The fraction of sp³-hybridized carbons (Fsp3) is 0.500. The number of fused-ring (bicyclic) bond motifs is 1. The number of ketones is 1. The third-order valence-electron chi connectivity index (χ3n) is 3.90. The summed E-state index contributed by atoms with van der Waals surface area (Å²) in [6.07, 6.45) is 1.86. The average molecular weight is 236 g/mol. The number of hydrogen-bond donors (Lipinski definition) is 1. The Bertz CT molecular complexity index is 456. The van der Waals surface area contributed by atoms with Crippen molar-refractivity contribution in [3.8, 4) is 0 Å². The molecule has 17 heavy (non-hydrogen) atoms. The van der Waals surface area contributed by atoms with Gasteiger partial charge < -0.3 is 5.11 Å². The number of benzene rings is 1. The van der Waals surface area contributed by atoms with Gasteiger partial charge in [-0.15, -0.1) is 0 Å². The van der Waals surface area contributed by atoms with Gasteiger partial charge in [-0.2, -0.15) is 0 Å². The van der Waals surface area contributed by atoms with Gasteiger partial charge in [0.1, 0.15) is 11.6 Å². The lowest BCUT2D eigenvalue weighted by molar-refractivity contribution is -0.131. The van der Waals surface area contributed by atoms with E-state index in [0.29, 0.717) is 30.4 Å². The van der Waals surface area contributed by atoms with Crippen molar-refractivity contribution in [1.29, 1.82) is 0 Å². The van der Waals surface area contributed by atoms with Crippen molar-refractivity contribution >= 4 is 5.78 Å². The maximum atomic E-state index is 13.7. The highest BCUT2D eigenvalue weighted by Crippen LogP contribution is 2.41. The first-order valence-corrected chi connectivity index (χ1v) is 5.97. The zero-order chi connectivity index (χ0) is 12.6. The summed E-state index contributed by atoms with van der Waals surface area (Å²) in [5.74, 6) is -0.843. The molecule has 1 aliphatic rings. The monoisotopic (exact) mass is 236 g/mol. The van der Waals surface area contributed by atoms with Crippen molar-refractivity contribution in [2.75, 3.05) is 0 Å². The molecule has 1 aromatic rings. The summed E-state index contributed by atoms with van der Waals surface area (Å²) in [5.41, 5.74) is -0.0533. The largest absolute Gasteiger partial charge is 0.384 e. The highest BCUT2D eigenvalue weighted by atomic mass is 19.1. The standard InChI is InChI=1S/C14H17FO2/c1-9(10(2)16)14(17)8-4-5-11-12(14)6-3-7-13(11)15/h3,6-7,9,17H,4-5,8H2,1-2H3.